The Morgan fingerprint density at radius 2 is 2.12 bits per heavy atom. The van der Waals surface area contributed by atoms with Crippen molar-refractivity contribution in [3.63, 3.8) is 0 Å². The van der Waals surface area contributed by atoms with Crippen molar-refractivity contribution in [3.05, 3.63) is 58.6 Å². The van der Waals surface area contributed by atoms with Crippen molar-refractivity contribution >= 4 is 38.5 Å². The number of halogens is 1. The second-order valence-electron chi connectivity index (χ2n) is 5.24. The molecule has 4 aromatic rings. The van der Waals surface area contributed by atoms with E-state index in [9.17, 15) is 4.79 Å². The molecule has 0 bridgehead atoms. The quantitative estimate of drug-likeness (QED) is 0.529. The molecule has 1 aromatic carbocycles. The SMILES string of the molecule is Cc1c(-c2nsc(NC(=O)c3ccco3)n2)nnn1-c1ccccc1Br. The lowest BCUT2D eigenvalue weighted by molar-refractivity contribution is 0.0996. The van der Waals surface area contributed by atoms with E-state index in [-0.39, 0.29) is 11.7 Å². The summed E-state index contributed by atoms with van der Waals surface area (Å²) in [4.78, 5) is 16.3. The fourth-order valence-corrected chi connectivity index (χ4v) is 3.34. The average Bonchev–Trinajstić information content (AvgIpc) is 3.36. The molecule has 0 aliphatic carbocycles. The van der Waals surface area contributed by atoms with E-state index < -0.39 is 0 Å². The van der Waals surface area contributed by atoms with Gasteiger partial charge in [-0.1, -0.05) is 17.3 Å². The molecule has 0 unspecified atom stereocenters. The minimum atomic E-state index is -0.383. The number of aromatic nitrogens is 5. The number of furan rings is 1. The number of rotatable bonds is 4. The topological polar surface area (TPSA) is 98.7 Å². The van der Waals surface area contributed by atoms with Gasteiger partial charge in [-0.05, 0) is 47.1 Å². The van der Waals surface area contributed by atoms with E-state index in [1.54, 1.807) is 16.8 Å². The number of nitrogens with zero attached hydrogens (tertiary/aromatic N) is 5. The Morgan fingerprint density at radius 3 is 2.88 bits per heavy atom. The van der Waals surface area contributed by atoms with Crippen LogP contribution in [0.25, 0.3) is 17.2 Å². The molecule has 0 saturated carbocycles. The maximum atomic E-state index is 12.0. The highest BCUT2D eigenvalue weighted by Crippen LogP contribution is 2.26. The molecule has 0 saturated heterocycles. The van der Waals surface area contributed by atoms with Gasteiger partial charge in [0.1, 0.15) is 0 Å². The van der Waals surface area contributed by atoms with Crippen LogP contribution in [0.3, 0.4) is 0 Å². The number of hydrogen-bond donors (Lipinski definition) is 1. The number of anilines is 1. The molecule has 130 valence electrons. The van der Waals surface area contributed by atoms with Crippen LogP contribution in [0.15, 0.2) is 51.6 Å². The number of para-hydroxylation sites is 1. The molecular formula is C16H11BrN6O2S. The van der Waals surface area contributed by atoms with Crippen molar-refractivity contribution in [2.45, 2.75) is 6.92 Å². The van der Waals surface area contributed by atoms with Crippen molar-refractivity contribution in [1.82, 2.24) is 24.4 Å². The van der Waals surface area contributed by atoms with Crippen LogP contribution in [0.1, 0.15) is 16.2 Å². The summed E-state index contributed by atoms with van der Waals surface area (Å²) in [7, 11) is 0. The molecule has 26 heavy (non-hydrogen) atoms. The standard InChI is InChI=1S/C16H11BrN6O2S/c1-9-13(20-22-23(9)11-6-3-2-5-10(11)17)14-18-16(26-21-14)19-15(24)12-7-4-8-25-12/h2-8H,1H3,(H,18,19,21,24). The van der Waals surface area contributed by atoms with Crippen LogP contribution >= 0.6 is 27.5 Å². The van der Waals surface area contributed by atoms with Crippen LogP contribution < -0.4 is 5.32 Å². The lowest BCUT2D eigenvalue weighted by Gasteiger charge is -2.05. The number of carbonyl (C=O) groups is 1. The van der Waals surface area contributed by atoms with Gasteiger partial charge in [-0.15, -0.1) is 5.10 Å². The molecule has 10 heteroatoms. The highest BCUT2D eigenvalue weighted by Gasteiger charge is 2.19. The summed E-state index contributed by atoms with van der Waals surface area (Å²) in [6.45, 7) is 1.89. The molecule has 0 aliphatic rings. The fraction of sp³-hybridized carbons (Fsp3) is 0.0625. The molecule has 1 N–H and O–H groups in total. The van der Waals surface area contributed by atoms with E-state index in [1.807, 2.05) is 31.2 Å². The van der Waals surface area contributed by atoms with Gasteiger partial charge in [0, 0.05) is 16.0 Å². The Kier molecular flexibility index (Phi) is 4.35. The first-order valence-corrected chi connectivity index (χ1v) is 9.06. The normalized spacial score (nSPS) is 10.8. The first kappa shape index (κ1) is 16.6. The Bertz CT molecular complexity index is 1070. The molecule has 0 spiro atoms. The summed E-state index contributed by atoms with van der Waals surface area (Å²) < 4.78 is 11.9. The molecule has 0 radical (unpaired) electrons. The minimum Gasteiger partial charge on any atom is -0.459 e. The van der Waals surface area contributed by atoms with Crippen LogP contribution in [-0.4, -0.2) is 30.3 Å². The van der Waals surface area contributed by atoms with Crippen LogP contribution in [0, 0.1) is 6.92 Å². The van der Waals surface area contributed by atoms with Gasteiger partial charge in [-0.3, -0.25) is 10.1 Å². The smallest absolute Gasteiger partial charge is 0.293 e. The monoisotopic (exact) mass is 430 g/mol. The van der Waals surface area contributed by atoms with Gasteiger partial charge < -0.3 is 4.42 Å². The lowest BCUT2D eigenvalue weighted by Crippen LogP contribution is -2.10. The Labute approximate surface area is 160 Å². The molecule has 3 aromatic heterocycles. The second kappa shape index (κ2) is 6.81. The first-order chi connectivity index (χ1) is 12.6. The van der Waals surface area contributed by atoms with Gasteiger partial charge in [0.2, 0.25) is 5.13 Å². The van der Waals surface area contributed by atoms with Gasteiger partial charge in [-0.25, -0.2) is 4.68 Å². The fourth-order valence-electron chi connectivity index (χ4n) is 2.32. The number of nitrogens with one attached hydrogen (secondary N) is 1. The number of hydrogen-bond acceptors (Lipinski definition) is 7. The van der Waals surface area contributed by atoms with Gasteiger partial charge in [0.25, 0.3) is 5.91 Å². The van der Waals surface area contributed by atoms with Gasteiger partial charge in [0.15, 0.2) is 17.3 Å². The zero-order chi connectivity index (χ0) is 18.1. The van der Waals surface area contributed by atoms with Gasteiger partial charge in [0.05, 0.1) is 17.6 Å². The molecule has 0 atom stereocenters. The summed E-state index contributed by atoms with van der Waals surface area (Å²) in [6, 6.07) is 10.9. The summed E-state index contributed by atoms with van der Waals surface area (Å²) in [6.07, 6.45) is 1.43. The van der Waals surface area contributed by atoms with Crippen molar-refractivity contribution in [3.8, 4) is 17.2 Å². The van der Waals surface area contributed by atoms with Crippen LogP contribution in [0.5, 0.6) is 0 Å². The molecule has 3 heterocycles. The molecule has 0 aliphatic heterocycles. The highest BCUT2D eigenvalue weighted by atomic mass is 79.9. The van der Waals surface area contributed by atoms with Crippen LogP contribution in [0.2, 0.25) is 0 Å². The van der Waals surface area contributed by atoms with Crippen molar-refractivity contribution in [2.75, 3.05) is 5.32 Å². The largest absolute Gasteiger partial charge is 0.459 e. The molecular weight excluding hydrogens is 420 g/mol. The Morgan fingerprint density at radius 1 is 1.27 bits per heavy atom. The minimum absolute atomic E-state index is 0.206. The third-order valence-electron chi connectivity index (χ3n) is 3.58. The number of carbonyl (C=O) groups excluding carboxylic acids is 1. The summed E-state index contributed by atoms with van der Waals surface area (Å²) in [5, 5.41) is 11.4. The summed E-state index contributed by atoms with van der Waals surface area (Å²) in [5.41, 5.74) is 2.21. The third-order valence-corrected chi connectivity index (χ3v) is 4.88. The van der Waals surface area contributed by atoms with E-state index in [1.165, 1.54) is 6.26 Å². The zero-order valence-corrected chi connectivity index (χ0v) is 15.8. The third kappa shape index (κ3) is 3.04. The zero-order valence-electron chi connectivity index (χ0n) is 13.4. The average molecular weight is 431 g/mol. The summed E-state index contributed by atoms with van der Waals surface area (Å²) >= 11 is 4.57. The van der Waals surface area contributed by atoms with E-state index in [0.29, 0.717) is 16.6 Å². The predicted octanol–water partition coefficient (Wildman–Crippen LogP) is 3.70. The van der Waals surface area contributed by atoms with E-state index >= 15 is 0 Å². The van der Waals surface area contributed by atoms with Gasteiger partial charge >= 0.3 is 0 Å². The predicted molar refractivity (Wildman–Crippen MR) is 99.4 cm³/mol. The van der Waals surface area contributed by atoms with Crippen molar-refractivity contribution in [2.24, 2.45) is 0 Å². The maximum absolute atomic E-state index is 12.0. The maximum Gasteiger partial charge on any atom is 0.293 e. The van der Waals surface area contributed by atoms with Crippen molar-refractivity contribution < 1.29 is 9.21 Å². The van der Waals surface area contributed by atoms with E-state index in [2.05, 4.69) is 40.9 Å². The van der Waals surface area contributed by atoms with Crippen molar-refractivity contribution in [1.29, 1.82) is 0 Å². The molecule has 0 fully saturated rings. The molecule has 4 rings (SSSR count). The Balaban J connectivity index is 1.61. The van der Waals surface area contributed by atoms with E-state index in [4.69, 9.17) is 4.42 Å². The molecule has 1 amide bonds. The highest BCUT2D eigenvalue weighted by molar-refractivity contribution is 9.10. The van der Waals surface area contributed by atoms with Gasteiger partial charge in [-0.2, -0.15) is 9.36 Å². The Hall–Kier alpha value is -2.85. The van der Waals surface area contributed by atoms with Crippen LogP contribution in [0.4, 0.5) is 5.13 Å². The number of amides is 1. The number of benzene rings is 1. The second-order valence-corrected chi connectivity index (χ2v) is 6.85. The van der Waals surface area contributed by atoms with Crippen LogP contribution in [-0.2, 0) is 0 Å². The first-order valence-electron chi connectivity index (χ1n) is 7.49. The summed E-state index contributed by atoms with van der Waals surface area (Å²) in [5.74, 6) is 0.227. The van der Waals surface area contributed by atoms with E-state index in [0.717, 1.165) is 27.4 Å². The lowest BCUT2D eigenvalue weighted by atomic mass is 10.3. The molecule has 8 nitrogen and oxygen atoms in total.